The van der Waals surface area contributed by atoms with Crippen LogP contribution in [0.3, 0.4) is 0 Å². The molecule has 2 aliphatic rings. The van der Waals surface area contributed by atoms with Gasteiger partial charge in [0.1, 0.15) is 0 Å². The zero-order chi connectivity index (χ0) is 9.47. The van der Waals surface area contributed by atoms with Gasteiger partial charge >= 0.3 is 87.6 Å². The van der Waals surface area contributed by atoms with Crippen molar-refractivity contribution in [2.75, 3.05) is 0 Å². The van der Waals surface area contributed by atoms with E-state index >= 15 is 0 Å². The van der Waals surface area contributed by atoms with Gasteiger partial charge in [-0.05, 0) is 0 Å². The van der Waals surface area contributed by atoms with Crippen LogP contribution in [0.4, 0.5) is 0 Å². The minimum absolute atomic E-state index is 0. The van der Waals surface area contributed by atoms with Gasteiger partial charge in [0.25, 0.3) is 0 Å². The Morgan fingerprint density at radius 3 is 2.40 bits per heavy atom. The molecule has 0 aromatic carbocycles. The molecule has 0 saturated heterocycles. The summed E-state index contributed by atoms with van der Waals surface area (Å²) < 4.78 is 6.10. The molecule has 0 aromatic heterocycles. The summed E-state index contributed by atoms with van der Waals surface area (Å²) in [5, 5.41) is 0. The van der Waals surface area contributed by atoms with Crippen molar-refractivity contribution in [1.82, 2.24) is 0 Å². The normalized spacial score (nSPS) is 24.3. The second-order valence-corrected chi connectivity index (χ2v) is 27.2. The summed E-state index contributed by atoms with van der Waals surface area (Å²) in [7, 11) is 0. The van der Waals surface area contributed by atoms with Crippen LogP contribution in [0.25, 0.3) is 0 Å². The molecule has 0 aliphatic heterocycles. The third-order valence-corrected chi connectivity index (χ3v) is 11.3. The van der Waals surface area contributed by atoms with Gasteiger partial charge in [0.05, 0.1) is 0 Å². The molecule has 87 valence electrons. The van der Waals surface area contributed by atoms with Crippen LogP contribution in [-0.4, -0.2) is 6.88 Å². The summed E-state index contributed by atoms with van der Waals surface area (Å²) in [6.45, 7) is 2.35. The van der Waals surface area contributed by atoms with Crippen LogP contribution in [0, 0.1) is 0 Å². The van der Waals surface area contributed by atoms with Crippen molar-refractivity contribution in [3.63, 3.8) is 0 Å². The van der Waals surface area contributed by atoms with E-state index in [-0.39, 0.29) is 24.8 Å². The van der Waals surface area contributed by atoms with E-state index in [0.717, 1.165) is 3.63 Å². The summed E-state index contributed by atoms with van der Waals surface area (Å²) in [4.78, 5) is 0. The van der Waals surface area contributed by atoms with Gasteiger partial charge in [0.15, 0.2) is 0 Å². The van der Waals surface area contributed by atoms with Gasteiger partial charge in [0.2, 0.25) is 0 Å². The van der Waals surface area contributed by atoms with Crippen LogP contribution >= 0.6 is 24.8 Å². The summed E-state index contributed by atoms with van der Waals surface area (Å²) >= 11 is -1.67. The second-order valence-electron chi connectivity index (χ2n) is 5.08. The molecule has 0 spiro atoms. The first-order valence-electron chi connectivity index (χ1n) is 5.34. The number of halogens is 2. The third kappa shape index (κ3) is 3.56. The van der Waals surface area contributed by atoms with Crippen molar-refractivity contribution in [2.24, 2.45) is 0 Å². The quantitative estimate of drug-likeness (QED) is 0.634. The molecule has 2 aliphatic carbocycles. The Balaban J connectivity index is 0.000000980. The van der Waals surface area contributed by atoms with Crippen LogP contribution in [0.1, 0.15) is 25.7 Å². The molecule has 0 radical (unpaired) electrons. The summed E-state index contributed by atoms with van der Waals surface area (Å²) in [6, 6.07) is 0. The van der Waals surface area contributed by atoms with Crippen molar-refractivity contribution >= 4 is 31.7 Å². The van der Waals surface area contributed by atoms with E-state index in [2.05, 4.69) is 28.3 Å². The van der Waals surface area contributed by atoms with Crippen LogP contribution in [-0.2, 0) is 18.9 Å². The second kappa shape index (κ2) is 6.19. The molecule has 0 aromatic rings. The molecule has 15 heavy (non-hydrogen) atoms. The Labute approximate surface area is 112 Å². The van der Waals surface area contributed by atoms with Crippen molar-refractivity contribution in [3.05, 3.63) is 23.3 Å². The van der Waals surface area contributed by atoms with Gasteiger partial charge in [-0.15, -0.1) is 24.8 Å². The van der Waals surface area contributed by atoms with Crippen molar-refractivity contribution in [2.45, 2.75) is 38.6 Å². The molecule has 0 heterocycles. The average Bonchev–Trinajstić information content (AvgIpc) is 2.45. The van der Waals surface area contributed by atoms with E-state index in [4.69, 9.17) is 0 Å². The predicted molar refractivity (Wildman–Crippen MR) is 73.2 cm³/mol. The maximum absolute atomic E-state index is 2.58. The predicted octanol–water partition coefficient (Wildman–Crippen LogP) is 3.86. The number of hydrogen-bond acceptors (Lipinski definition) is 0. The van der Waals surface area contributed by atoms with Gasteiger partial charge in [-0.25, -0.2) is 0 Å². The van der Waals surface area contributed by atoms with Gasteiger partial charge in [0, 0.05) is 0 Å². The number of allylic oxidation sites excluding steroid dienone is 4. The SMILES string of the molecule is Cl.Cl.[CH3][Zr]([CH3])(=[SiH2])[CH]1C=CC2=C1CCCC2. The number of rotatable bonds is 1. The summed E-state index contributed by atoms with van der Waals surface area (Å²) in [6.07, 6.45) is 10.6. The van der Waals surface area contributed by atoms with Crippen LogP contribution in [0.2, 0.25) is 12.9 Å². The first-order valence-corrected chi connectivity index (χ1v) is 17.6. The van der Waals surface area contributed by atoms with E-state index in [1.54, 1.807) is 5.57 Å². The Kier molecular flexibility index (Phi) is 6.67. The minimum atomic E-state index is -1.67. The fraction of sp³-hybridized carbons (Fsp3) is 0.636. The van der Waals surface area contributed by atoms with Crippen LogP contribution in [0.15, 0.2) is 23.3 Å². The van der Waals surface area contributed by atoms with Crippen molar-refractivity contribution < 1.29 is 18.9 Å². The Hall–Kier alpha value is 1.16. The molecular formula is C11H21Cl2SiZr. The van der Waals surface area contributed by atoms with Crippen molar-refractivity contribution in [1.29, 1.82) is 0 Å². The molecule has 0 N–H and O–H groups in total. The molecule has 1 unspecified atom stereocenters. The van der Waals surface area contributed by atoms with E-state index in [9.17, 15) is 0 Å². The molecule has 0 saturated carbocycles. The molecular weight excluding hydrogens is 322 g/mol. The van der Waals surface area contributed by atoms with Crippen molar-refractivity contribution in [3.8, 4) is 0 Å². The standard InChI is InChI=1S/C9H11.2CH3.2ClH.H2Si.Zr/c1-2-5-9-7-3-6-8(9)4-1;;;;;;/h3,6-7H,1-2,4-5H2;2*1H3;2*1H;1H2;. The average molecular weight is 344 g/mol. The Morgan fingerprint density at radius 2 is 1.80 bits per heavy atom. The van der Waals surface area contributed by atoms with Gasteiger partial charge in [-0.1, -0.05) is 0 Å². The topological polar surface area (TPSA) is 0 Å². The van der Waals surface area contributed by atoms with E-state index < -0.39 is 18.9 Å². The summed E-state index contributed by atoms with van der Waals surface area (Å²) in [5.74, 6) is 0. The van der Waals surface area contributed by atoms with Gasteiger partial charge in [-0.2, -0.15) is 0 Å². The first-order chi connectivity index (χ1) is 6.09. The molecule has 0 amide bonds. The zero-order valence-corrected chi connectivity index (χ0v) is 15.1. The van der Waals surface area contributed by atoms with E-state index in [1.165, 1.54) is 25.7 Å². The fourth-order valence-electron chi connectivity index (χ4n) is 2.56. The Bertz CT molecular complexity index is 327. The van der Waals surface area contributed by atoms with Gasteiger partial charge in [-0.3, -0.25) is 0 Å². The van der Waals surface area contributed by atoms with E-state index in [1.807, 2.05) is 5.57 Å². The molecule has 4 heteroatoms. The molecule has 0 bridgehead atoms. The Morgan fingerprint density at radius 1 is 1.20 bits per heavy atom. The molecule has 0 nitrogen and oxygen atoms in total. The monoisotopic (exact) mass is 341 g/mol. The first kappa shape index (κ1) is 16.2. The molecule has 1 atom stereocenters. The van der Waals surface area contributed by atoms with Gasteiger partial charge < -0.3 is 0 Å². The van der Waals surface area contributed by atoms with Crippen LogP contribution in [0.5, 0.6) is 0 Å². The van der Waals surface area contributed by atoms with Crippen LogP contribution < -0.4 is 0 Å². The zero-order valence-electron chi connectivity index (χ0n) is 9.58. The molecule has 2 rings (SSSR count). The third-order valence-electron chi connectivity index (χ3n) is 3.26. The fourth-order valence-corrected chi connectivity index (χ4v) is 9.47. The molecule has 0 fully saturated rings. The van der Waals surface area contributed by atoms with E-state index in [0.29, 0.717) is 0 Å². The maximum atomic E-state index is 2.58. The number of hydrogen-bond donors (Lipinski definition) is 0. The summed E-state index contributed by atoms with van der Waals surface area (Å²) in [5.41, 5.74) is 3.56.